The number of aliphatic hydroxyl groups excluding tert-OH is 1. The van der Waals surface area contributed by atoms with E-state index in [-0.39, 0.29) is 23.3 Å². The molecular formula is C12H16N2O3. The Kier molecular flexibility index (Phi) is 3.28. The van der Waals surface area contributed by atoms with Crippen LogP contribution in [0.5, 0.6) is 0 Å². The van der Waals surface area contributed by atoms with Crippen molar-refractivity contribution in [3.05, 3.63) is 33.9 Å². The first kappa shape index (κ1) is 11.9. The van der Waals surface area contributed by atoms with E-state index in [2.05, 4.69) is 4.90 Å². The number of aliphatic hydroxyl groups is 1. The molecule has 1 unspecified atom stereocenters. The van der Waals surface area contributed by atoms with Gasteiger partial charge in [0, 0.05) is 24.4 Å². The molecule has 0 amide bonds. The lowest BCUT2D eigenvalue weighted by atomic mass is 10.1. The molecule has 0 saturated carbocycles. The minimum Gasteiger partial charge on any atom is -0.394 e. The number of non-ortho nitro benzene ring substituents is 1. The van der Waals surface area contributed by atoms with E-state index in [0.717, 1.165) is 30.6 Å². The fourth-order valence-electron chi connectivity index (χ4n) is 2.36. The van der Waals surface area contributed by atoms with E-state index in [1.54, 1.807) is 12.1 Å². The second-order valence-electron chi connectivity index (χ2n) is 4.40. The van der Waals surface area contributed by atoms with Crippen LogP contribution in [0, 0.1) is 17.0 Å². The van der Waals surface area contributed by atoms with Crippen LogP contribution in [0.1, 0.15) is 18.4 Å². The number of nitrogens with zero attached hydrogens (tertiary/aromatic N) is 2. The van der Waals surface area contributed by atoms with Crippen LogP contribution in [-0.2, 0) is 0 Å². The minimum atomic E-state index is -0.382. The topological polar surface area (TPSA) is 66.6 Å². The molecule has 1 aliphatic rings. The molecule has 1 aliphatic heterocycles. The molecule has 1 saturated heterocycles. The van der Waals surface area contributed by atoms with Crippen LogP contribution in [-0.4, -0.2) is 29.2 Å². The van der Waals surface area contributed by atoms with Gasteiger partial charge in [-0.3, -0.25) is 10.1 Å². The molecule has 1 atom stereocenters. The fourth-order valence-corrected chi connectivity index (χ4v) is 2.36. The van der Waals surface area contributed by atoms with Crippen molar-refractivity contribution in [2.24, 2.45) is 0 Å². The molecule has 0 aliphatic carbocycles. The second kappa shape index (κ2) is 4.71. The summed E-state index contributed by atoms with van der Waals surface area (Å²) in [5.41, 5.74) is 1.99. The maximum Gasteiger partial charge on any atom is 0.271 e. The number of anilines is 1. The van der Waals surface area contributed by atoms with Gasteiger partial charge in [-0.2, -0.15) is 0 Å². The highest BCUT2D eigenvalue weighted by Crippen LogP contribution is 2.31. The first-order valence-electron chi connectivity index (χ1n) is 5.76. The summed E-state index contributed by atoms with van der Waals surface area (Å²) < 4.78 is 0. The van der Waals surface area contributed by atoms with Crippen LogP contribution in [0.2, 0.25) is 0 Å². The van der Waals surface area contributed by atoms with E-state index in [9.17, 15) is 15.2 Å². The molecular weight excluding hydrogens is 220 g/mol. The number of nitro benzene ring substituents is 1. The molecule has 1 N–H and O–H groups in total. The molecule has 0 bridgehead atoms. The Balaban J connectivity index is 2.36. The van der Waals surface area contributed by atoms with E-state index in [1.807, 2.05) is 6.92 Å². The third-order valence-corrected chi connectivity index (χ3v) is 3.30. The van der Waals surface area contributed by atoms with Gasteiger partial charge in [0.15, 0.2) is 0 Å². The Morgan fingerprint density at radius 3 is 3.00 bits per heavy atom. The van der Waals surface area contributed by atoms with E-state index in [1.165, 1.54) is 6.07 Å². The molecule has 0 radical (unpaired) electrons. The Hall–Kier alpha value is -1.62. The maximum absolute atomic E-state index is 10.8. The van der Waals surface area contributed by atoms with Crippen LogP contribution < -0.4 is 4.90 Å². The van der Waals surface area contributed by atoms with Gasteiger partial charge in [-0.15, -0.1) is 0 Å². The fraction of sp³-hybridized carbons (Fsp3) is 0.500. The van der Waals surface area contributed by atoms with E-state index >= 15 is 0 Å². The van der Waals surface area contributed by atoms with Gasteiger partial charge in [-0.05, 0) is 25.3 Å². The Bertz CT molecular complexity index is 434. The standard InChI is InChI=1S/C12H16N2O3/c1-9-4-5-10(14(16)17)7-12(9)13-6-2-3-11(13)8-15/h4-5,7,11,15H,2-3,6,8H2,1H3. The van der Waals surface area contributed by atoms with Gasteiger partial charge in [0.05, 0.1) is 17.6 Å². The molecule has 2 rings (SSSR count). The number of hydrogen-bond acceptors (Lipinski definition) is 4. The van der Waals surface area contributed by atoms with Crippen molar-refractivity contribution in [2.45, 2.75) is 25.8 Å². The summed E-state index contributed by atoms with van der Waals surface area (Å²) in [7, 11) is 0. The number of rotatable bonds is 3. The Morgan fingerprint density at radius 2 is 2.35 bits per heavy atom. The van der Waals surface area contributed by atoms with E-state index < -0.39 is 0 Å². The lowest BCUT2D eigenvalue weighted by Crippen LogP contribution is -2.32. The second-order valence-corrected chi connectivity index (χ2v) is 4.40. The zero-order valence-electron chi connectivity index (χ0n) is 9.80. The summed E-state index contributed by atoms with van der Waals surface area (Å²) in [6.45, 7) is 2.89. The lowest BCUT2D eigenvalue weighted by Gasteiger charge is -2.26. The molecule has 0 aromatic heterocycles. The van der Waals surface area contributed by atoms with Gasteiger partial charge >= 0.3 is 0 Å². The van der Waals surface area contributed by atoms with Crippen molar-refractivity contribution in [3.8, 4) is 0 Å². The van der Waals surface area contributed by atoms with Crippen molar-refractivity contribution in [1.82, 2.24) is 0 Å². The first-order valence-corrected chi connectivity index (χ1v) is 5.76. The summed E-state index contributed by atoms with van der Waals surface area (Å²) in [6.07, 6.45) is 1.96. The molecule has 5 heteroatoms. The van der Waals surface area contributed by atoms with Gasteiger partial charge in [0.25, 0.3) is 5.69 Å². The van der Waals surface area contributed by atoms with Crippen molar-refractivity contribution < 1.29 is 10.0 Å². The van der Waals surface area contributed by atoms with Gasteiger partial charge in [0.1, 0.15) is 0 Å². The minimum absolute atomic E-state index is 0.0932. The van der Waals surface area contributed by atoms with Crippen LogP contribution in [0.15, 0.2) is 18.2 Å². The van der Waals surface area contributed by atoms with Crippen molar-refractivity contribution in [3.63, 3.8) is 0 Å². The molecule has 92 valence electrons. The highest BCUT2D eigenvalue weighted by molar-refractivity contribution is 5.59. The summed E-state index contributed by atoms with van der Waals surface area (Å²) in [5.74, 6) is 0. The van der Waals surface area contributed by atoms with Crippen molar-refractivity contribution >= 4 is 11.4 Å². The highest BCUT2D eigenvalue weighted by Gasteiger charge is 2.26. The largest absolute Gasteiger partial charge is 0.394 e. The van der Waals surface area contributed by atoms with Crippen molar-refractivity contribution in [2.75, 3.05) is 18.1 Å². The Labute approximate surface area is 99.8 Å². The SMILES string of the molecule is Cc1ccc([N+](=O)[O-])cc1N1CCCC1CO. The normalized spacial score (nSPS) is 19.6. The number of nitro groups is 1. The molecule has 1 fully saturated rings. The van der Waals surface area contributed by atoms with Gasteiger partial charge in [-0.1, -0.05) is 6.07 Å². The zero-order chi connectivity index (χ0) is 12.4. The zero-order valence-corrected chi connectivity index (χ0v) is 9.80. The molecule has 1 heterocycles. The lowest BCUT2D eigenvalue weighted by molar-refractivity contribution is -0.384. The number of hydrogen-bond donors (Lipinski definition) is 1. The third-order valence-electron chi connectivity index (χ3n) is 3.30. The highest BCUT2D eigenvalue weighted by atomic mass is 16.6. The number of benzene rings is 1. The summed E-state index contributed by atoms with van der Waals surface area (Å²) in [5, 5.41) is 20.1. The molecule has 1 aromatic carbocycles. The third kappa shape index (κ3) is 2.24. The maximum atomic E-state index is 10.8. The predicted octanol–water partition coefficient (Wildman–Crippen LogP) is 1.86. The average molecular weight is 236 g/mol. The van der Waals surface area contributed by atoms with Crippen LogP contribution in [0.3, 0.4) is 0 Å². The number of aryl methyl sites for hydroxylation is 1. The average Bonchev–Trinajstić information content (AvgIpc) is 2.77. The van der Waals surface area contributed by atoms with Crippen molar-refractivity contribution in [1.29, 1.82) is 0 Å². The molecule has 0 spiro atoms. The summed E-state index contributed by atoms with van der Waals surface area (Å²) in [4.78, 5) is 12.5. The molecule has 1 aromatic rings. The van der Waals surface area contributed by atoms with Crippen LogP contribution in [0.4, 0.5) is 11.4 Å². The monoisotopic (exact) mass is 236 g/mol. The quantitative estimate of drug-likeness (QED) is 0.642. The Morgan fingerprint density at radius 1 is 1.59 bits per heavy atom. The van der Waals surface area contributed by atoms with Gasteiger partial charge in [0.2, 0.25) is 0 Å². The van der Waals surface area contributed by atoms with Gasteiger partial charge in [-0.25, -0.2) is 0 Å². The molecule has 17 heavy (non-hydrogen) atoms. The van der Waals surface area contributed by atoms with E-state index in [0.29, 0.717) is 0 Å². The summed E-state index contributed by atoms with van der Waals surface area (Å²) >= 11 is 0. The van der Waals surface area contributed by atoms with Crippen LogP contribution >= 0.6 is 0 Å². The molecule has 5 nitrogen and oxygen atoms in total. The summed E-state index contributed by atoms with van der Waals surface area (Å²) in [6, 6.07) is 4.97. The van der Waals surface area contributed by atoms with Crippen LogP contribution in [0.25, 0.3) is 0 Å². The van der Waals surface area contributed by atoms with E-state index in [4.69, 9.17) is 0 Å². The predicted molar refractivity (Wildman–Crippen MR) is 65.3 cm³/mol. The van der Waals surface area contributed by atoms with Gasteiger partial charge < -0.3 is 10.0 Å². The first-order chi connectivity index (χ1) is 8.13. The smallest absolute Gasteiger partial charge is 0.271 e.